The number of cyclic esters (lactones) is 1. The summed E-state index contributed by atoms with van der Waals surface area (Å²) in [4.78, 5) is 16.2. The Labute approximate surface area is 307 Å². The molecule has 18 atom stereocenters. The highest BCUT2D eigenvalue weighted by atomic mass is 16.7. The van der Waals surface area contributed by atoms with Crippen LogP contribution < -0.4 is 5.32 Å². The maximum absolute atomic E-state index is 14.2. The van der Waals surface area contributed by atoms with E-state index in [9.17, 15) is 25.2 Å². The van der Waals surface area contributed by atoms with Crippen molar-refractivity contribution in [2.75, 3.05) is 27.7 Å². The molecule has 0 aromatic carbocycles. The third-order valence-electron chi connectivity index (χ3n) is 12.4. The molecule has 0 spiro atoms. The number of nitrogens with zero attached hydrogens (tertiary/aromatic N) is 1. The summed E-state index contributed by atoms with van der Waals surface area (Å²) in [5.74, 6) is -2.46. The molecule has 3 saturated heterocycles. The zero-order valence-electron chi connectivity index (χ0n) is 33.8. The fraction of sp³-hybridized carbons (Fsp3) is 0.974. The lowest BCUT2D eigenvalue weighted by atomic mass is 9.77. The van der Waals surface area contributed by atoms with Gasteiger partial charge in [-0.1, -0.05) is 27.7 Å². The van der Waals surface area contributed by atoms with Crippen molar-refractivity contribution in [1.29, 1.82) is 0 Å². The normalized spacial score (nSPS) is 49.9. The average Bonchev–Trinajstić information content (AvgIpc) is 3.05. The van der Waals surface area contributed by atoms with E-state index in [2.05, 4.69) is 5.32 Å². The van der Waals surface area contributed by atoms with E-state index in [0.29, 0.717) is 19.4 Å². The lowest BCUT2D eigenvalue weighted by Crippen LogP contribution is -2.60. The van der Waals surface area contributed by atoms with Crippen LogP contribution in [0.25, 0.3) is 0 Å². The summed E-state index contributed by atoms with van der Waals surface area (Å²) in [6, 6.07) is -0.433. The molecule has 3 rings (SSSR count). The Bertz CT molecular complexity index is 1110. The second-order valence-electron chi connectivity index (χ2n) is 17.0. The number of rotatable bonds is 7. The van der Waals surface area contributed by atoms with Crippen molar-refractivity contribution in [3.8, 4) is 0 Å². The number of methoxy groups -OCH3 is 1. The van der Waals surface area contributed by atoms with Gasteiger partial charge in [-0.2, -0.15) is 0 Å². The molecule has 1 unspecified atom stereocenters. The molecule has 3 fully saturated rings. The van der Waals surface area contributed by atoms with Crippen LogP contribution in [0.5, 0.6) is 0 Å². The van der Waals surface area contributed by atoms with E-state index in [1.807, 2.05) is 60.5 Å². The monoisotopic (exact) mass is 733 g/mol. The third-order valence-corrected chi connectivity index (χ3v) is 12.4. The summed E-state index contributed by atoms with van der Waals surface area (Å²) in [7, 11) is 5.32. The van der Waals surface area contributed by atoms with Gasteiger partial charge in [0.2, 0.25) is 0 Å². The molecule has 0 aliphatic carbocycles. The molecule has 13 nitrogen and oxygen atoms in total. The van der Waals surface area contributed by atoms with Gasteiger partial charge in [-0.15, -0.1) is 0 Å². The highest BCUT2D eigenvalue weighted by molar-refractivity contribution is 5.73. The van der Waals surface area contributed by atoms with Gasteiger partial charge in [-0.25, -0.2) is 0 Å². The minimum absolute atomic E-state index is 0.00381. The number of nitrogens with one attached hydrogen (secondary N) is 1. The Morgan fingerprint density at radius 3 is 2.16 bits per heavy atom. The molecular weight excluding hydrogens is 660 g/mol. The zero-order valence-corrected chi connectivity index (χ0v) is 33.8. The van der Waals surface area contributed by atoms with Gasteiger partial charge in [0.1, 0.15) is 23.9 Å². The summed E-state index contributed by atoms with van der Waals surface area (Å²) < 4.78 is 37.7. The van der Waals surface area contributed by atoms with E-state index < -0.39 is 83.8 Å². The van der Waals surface area contributed by atoms with Crippen LogP contribution in [-0.4, -0.2) is 143 Å². The molecule has 51 heavy (non-hydrogen) atoms. The Morgan fingerprint density at radius 2 is 1.59 bits per heavy atom. The summed E-state index contributed by atoms with van der Waals surface area (Å²) in [5, 5.41) is 50.3. The second-order valence-corrected chi connectivity index (χ2v) is 17.0. The molecule has 300 valence electrons. The van der Waals surface area contributed by atoms with Gasteiger partial charge in [0, 0.05) is 31.5 Å². The number of esters is 1. The summed E-state index contributed by atoms with van der Waals surface area (Å²) in [6.07, 6.45) is -6.16. The number of carbonyl (C=O) groups is 1. The number of aliphatic hydroxyl groups excluding tert-OH is 2. The zero-order chi connectivity index (χ0) is 38.8. The lowest BCUT2D eigenvalue weighted by molar-refractivity contribution is -0.317. The minimum atomic E-state index is -1.52. The van der Waals surface area contributed by atoms with Crippen LogP contribution in [0.15, 0.2) is 0 Å². The van der Waals surface area contributed by atoms with Crippen molar-refractivity contribution in [1.82, 2.24) is 10.2 Å². The van der Waals surface area contributed by atoms with Crippen LogP contribution in [0.4, 0.5) is 0 Å². The van der Waals surface area contributed by atoms with Gasteiger partial charge >= 0.3 is 5.97 Å². The highest BCUT2D eigenvalue weighted by Gasteiger charge is 2.52. The maximum Gasteiger partial charge on any atom is 0.311 e. The van der Waals surface area contributed by atoms with Crippen molar-refractivity contribution in [2.24, 2.45) is 23.7 Å². The predicted molar refractivity (Wildman–Crippen MR) is 193 cm³/mol. The molecule has 0 aromatic rings. The van der Waals surface area contributed by atoms with E-state index in [-0.39, 0.29) is 42.9 Å². The molecule has 0 aromatic heterocycles. The van der Waals surface area contributed by atoms with Crippen LogP contribution in [-0.2, 0) is 33.2 Å². The maximum atomic E-state index is 14.2. The van der Waals surface area contributed by atoms with E-state index in [1.54, 1.807) is 34.6 Å². The molecule has 3 aliphatic rings. The quantitative estimate of drug-likeness (QED) is 0.243. The van der Waals surface area contributed by atoms with Crippen LogP contribution >= 0.6 is 0 Å². The van der Waals surface area contributed by atoms with Crippen molar-refractivity contribution in [2.45, 2.75) is 186 Å². The highest BCUT2D eigenvalue weighted by Crippen LogP contribution is 2.40. The fourth-order valence-corrected chi connectivity index (χ4v) is 8.51. The summed E-state index contributed by atoms with van der Waals surface area (Å²) in [6.45, 7) is 20.9. The second kappa shape index (κ2) is 17.7. The molecule has 0 radical (unpaired) electrons. The number of likely N-dealkylation sites (N-methyl/N-ethyl adjacent to an activating group) is 1. The largest absolute Gasteiger partial charge is 0.459 e. The Hall–Kier alpha value is -0.970. The van der Waals surface area contributed by atoms with Gasteiger partial charge in [0.05, 0.1) is 41.5 Å². The molecule has 13 heteroatoms. The molecule has 0 bridgehead atoms. The standard InChI is InChI=1S/C38H72N2O11/c1-15-28-38(11,45)25(7)20(2)19-39-21(3)17-36(9,44)33(51-35-30(41)27(40(12)13)16-22(4)47-35)23(5)31(24(6)34(43)49-28)50-29-18-37(10,46-14)32(42)26(8)48-29/h20-33,35,39,41-42,44-45H,15-19H2,1-14H3/t20-,21+,22+,23-,24+,25+,26-,27-,28+,29-,30+,31-,32-,33+,35-,36+,37+,38?/m0/s1. The van der Waals surface area contributed by atoms with Crippen molar-refractivity contribution >= 4 is 5.97 Å². The Kier molecular flexibility index (Phi) is 15.4. The average molecular weight is 733 g/mol. The van der Waals surface area contributed by atoms with E-state index in [4.69, 9.17) is 28.4 Å². The fourth-order valence-electron chi connectivity index (χ4n) is 8.51. The number of aliphatic hydroxyl groups is 4. The first-order valence-corrected chi connectivity index (χ1v) is 19.1. The topological polar surface area (TPSA) is 169 Å². The Morgan fingerprint density at radius 1 is 0.961 bits per heavy atom. The van der Waals surface area contributed by atoms with Gasteiger partial charge < -0.3 is 59.1 Å². The number of carbonyl (C=O) groups excluding carboxylic acids is 1. The van der Waals surface area contributed by atoms with Crippen molar-refractivity contribution < 1.29 is 53.6 Å². The van der Waals surface area contributed by atoms with Crippen molar-refractivity contribution in [3.63, 3.8) is 0 Å². The first-order chi connectivity index (χ1) is 23.5. The number of ether oxygens (including phenoxy) is 6. The van der Waals surface area contributed by atoms with E-state index >= 15 is 0 Å². The van der Waals surface area contributed by atoms with Crippen LogP contribution in [0, 0.1) is 23.7 Å². The van der Waals surface area contributed by atoms with Crippen LogP contribution in [0.2, 0.25) is 0 Å². The SMILES string of the molecule is CC[C@H]1OC(=O)[C@H](C)[C@@H](O[C@H]2C[C@@](C)(OC)[C@@H](O)[C@H](C)O2)[C@H](C)[C@@H](O[C@@H]2O[C@H](C)C[C@H](N(C)C)[C@H]2O)[C@](C)(O)C[C@@H](C)NC[C@H](C)[C@@H](C)C1(C)O. The summed E-state index contributed by atoms with van der Waals surface area (Å²) >= 11 is 0. The Balaban J connectivity index is 2.15. The third kappa shape index (κ3) is 10.2. The van der Waals surface area contributed by atoms with Crippen LogP contribution in [0.1, 0.15) is 102 Å². The van der Waals surface area contributed by atoms with Crippen molar-refractivity contribution in [3.05, 3.63) is 0 Å². The smallest absolute Gasteiger partial charge is 0.311 e. The lowest BCUT2D eigenvalue weighted by Gasteiger charge is -2.48. The molecule has 3 aliphatic heterocycles. The molecule has 0 amide bonds. The first-order valence-electron chi connectivity index (χ1n) is 19.1. The number of hydrogen-bond acceptors (Lipinski definition) is 13. The van der Waals surface area contributed by atoms with Crippen LogP contribution in [0.3, 0.4) is 0 Å². The molecular formula is C38H72N2O11. The van der Waals surface area contributed by atoms with Gasteiger partial charge in [-0.05, 0) is 100 Å². The van der Waals surface area contributed by atoms with E-state index in [0.717, 1.165) is 0 Å². The molecule has 0 saturated carbocycles. The predicted octanol–water partition coefficient (Wildman–Crippen LogP) is 2.83. The minimum Gasteiger partial charge on any atom is -0.459 e. The van der Waals surface area contributed by atoms with Gasteiger partial charge in [0.25, 0.3) is 0 Å². The van der Waals surface area contributed by atoms with Gasteiger partial charge in [-0.3, -0.25) is 4.79 Å². The first kappa shape index (κ1) is 44.4. The summed E-state index contributed by atoms with van der Waals surface area (Å²) in [5.41, 5.74) is -3.84. The number of hydrogen-bond donors (Lipinski definition) is 5. The van der Waals surface area contributed by atoms with Gasteiger partial charge in [0.15, 0.2) is 12.6 Å². The molecule has 5 N–H and O–H groups in total. The molecule has 3 heterocycles. The van der Waals surface area contributed by atoms with E-state index in [1.165, 1.54) is 7.11 Å².